The Labute approximate surface area is 132 Å². The molecule has 1 fully saturated rings. The molecule has 116 valence electrons. The normalized spacial score (nSPS) is 15.9. The molecule has 1 saturated heterocycles. The summed E-state index contributed by atoms with van der Waals surface area (Å²) in [6.07, 6.45) is 1.69. The highest BCUT2D eigenvalue weighted by Gasteiger charge is 2.23. The van der Waals surface area contributed by atoms with Gasteiger partial charge in [0.15, 0.2) is 4.77 Å². The fourth-order valence-corrected chi connectivity index (χ4v) is 2.95. The van der Waals surface area contributed by atoms with Gasteiger partial charge in [-0.3, -0.25) is 14.6 Å². The van der Waals surface area contributed by atoms with E-state index in [2.05, 4.69) is 9.97 Å². The van der Waals surface area contributed by atoms with Crippen LogP contribution in [0.2, 0.25) is 0 Å². The summed E-state index contributed by atoms with van der Waals surface area (Å²) >= 11 is 4.97. The largest absolute Gasteiger partial charge is 0.381 e. The second kappa shape index (κ2) is 6.02. The molecule has 2 aromatic rings. The molecular formula is C15H17N3O3S. The van der Waals surface area contributed by atoms with Gasteiger partial charge in [0.1, 0.15) is 0 Å². The molecule has 0 unspecified atom stereocenters. The number of ether oxygens (including phenoxy) is 1. The van der Waals surface area contributed by atoms with Crippen LogP contribution in [0.5, 0.6) is 0 Å². The second-order valence-corrected chi connectivity index (χ2v) is 5.84. The summed E-state index contributed by atoms with van der Waals surface area (Å²) in [6, 6.07) is 5.19. The predicted octanol–water partition coefficient (Wildman–Crippen LogP) is 1.84. The standard InChI is InChI=1S/C15H17N3O3S/c1-18(10-4-6-21-7-5-10)14(20)9-2-3-11-12(8-9)16-15(22)17-13(11)19/h2-3,8,10H,4-7H2,1H3,(H2,16,17,19,22). The third-order valence-corrected chi connectivity index (χ3v) is 4.25. The van der Waals surface area contributed by atoms with E-state index in [9.17, 15) is 9.59 Å². The number of nitrogens with zero attached hydrogens (tertiary/aromatic N) is 1. The van der Waals surface area contributed by atoms with E-state index in [1.54, 1.807) is 23.1 Å². The first-order valence-electron chi connectivity index (χ1n) is 7.17. The van der Waals surface area contributed by atoms with E-state index in [4.69, 9.17) is 17.0 Å². The molecule has 3 rings (SSSR count). The summed E-state index contributed by atoms with van der Waals surface area (Å²) in [5.74, 6) is -0.0617. The predicted molar refractivity (Wildman–Crippen MR) is 85.7 cm³/mol. The summed E-state index contributed by atoms with van der Waals surface area (Å²) in [7, 11) is 1.81. The summed E-state index contributed by atoms with van der Waals surface area (Å²) in [6.45, 7) is 1.37. The molecule has 2 N–H and O–H groups in total. The summed E-state index contributed by atoms with van der Waals surface area (Å²) < 4.78 is 5.58. The zero-order chi connectivity index (χ0) is 15.7. The van der Waals surface area contributed by atoms with E-state index < -0.39 is 0 Å². The number of rotatable bonds is 2. The fourth-order valence-electron chi connectivity index (χ4n) is 2.74. The first-order valence-corrected chi connectivity index (χ1v) is 7.58. The first kappa shape index (κ1) is 14.9. The number of hydrogen-bond acceptors (Lipinski definition) is 4. The molecule has 22 heavy (non-hydrogen) atoms. The lowest BCUT2D eigenvalue weighted by Gasteiger charge is -2.31. The van der Waals surface area contributed by atoms with Crippen LogP contribution in [0, 0.1) is 4.77 Å². The summed E-state index contributed by atoms with van der Waals surface area (Å²) in [5, 5.41) is 0.485. The minimum absolute atomic E-state index is 0.0617. The Morgan fingerprint density at radius 2 is 2.05 bits per heavy atom. The molecule has 1 aromatic heterocycles. The number of hydrogen-bond donors (Lipinski definition) is 2. The Morgan fingerprint density at radius 1 is 1.32 bits per heavy atom. The van der Waals surface area contributed by atoms with Crippen molar-refractivity contribution in [2.45, 2.75) is 18.9 Å². The van der Waals surface area contributed by atoms with Crippen molar-refractivity contribution in [1.82, 2.24) is 14.9 Å². The van der Waals surface area contributed by atoms with Crippen LogP contribution in [0.1, 0.15) is 23.2 Å². The Hall–Kier alpha value is -1.99. The molecule has 1 amide bonds. The van der Waals surface area contributed by atoms with Crippen molar-refractivity contribution in [3.8, 4) is 0 Å². The van der Waals surface area contributed by atoms with Crippen molar-refractivity contribution in [3.05, 3.63) is 38.9 Å². The van der Waals surface area contributed by atoms with Crippen LogP contribution in [0.15, 0.2) is 23.0 Å². The number of benzene rings is 1. The summed E-state index contributed by atoms with van der Waals surface area (Å²) in [4.78, 5) is 31.6. The van der Waals surface area contributed by atoms with Crippen molar-refractivity contribution < 1.29 is 9.53 Å². The van der Waals surface area contributed by atoms with E-state index in [0.717, 1.165) is 12.8 Å². The first-order chi connectivity index (χ1) is 10.6. The molecule has 0 atom stereocenters. The average Bonchev–Trinajstić information content (AvgIpc) is 2.53. The zero-order valence-corrected chi connectivity index (χ0v) is 13.0. The van der Waals surface area contributed by atoms with Crippen LogP contribution in [0.25, 0.3) is 10.9 Å². The second-order valence-electron chi connectivity index (χ2n) is 5.43. The number of aromatic amines is 2. The van der Waals surface area contributed by atoms with Gasteiger partial charge in [-0.05, 0) is 43.3 Å². The third-order valence-electron chi connectivity index (χ3n) is 4.05. The van der Waals surface area contributed by atoms with Gasteiger partial charge in [-0.1, -0.05) is 0 Å². The maximum atomic E-state index is 12.6. The maximum Gasteiger partial charge on any atom is 0.259 e. The van der Waals surface area contributed by atoms with E-state index in [0.29, 0.717) is 29.7 Å². The topological polar surface area (TPSA) is 78.2 Å². The van der Waals surface area contributed by atoms with Crippen molar-refractivity contribution in [2.24, 2.45) is 0 Å². The minimum Gasteiger partial charge on any atom is -0.381 e. The zero-order valence-electron chi connectivity index (χ0n) is 12.2. The molecule has 0 spiro atoms. The molecule has 0 radical (unpaired) electrons. The van der Waals surface area contributed by atoms with Crippen molar-refractivity contribution in [2.75, 3.05) is 20.3 Å². The van der Waals surface area contributed by atoms with Gasteiger partial charge in [0.2, 0.25) is 0 Å². The monoisotopic (exact) mass is 319 g/mol. The molecule has 1 aliphatic heterocycles. The van der Waals surface area contributed by atoms with Crippen molar-refractivity contribution in [1.29, 1.82) is 0 Å². The van der Waals surface area contributed by atoms with E-state index in [-0.39, 0.29) is 22.3 Å². The van der Waals surface area contributed by atoms with Crippen molar-refractivity contribution in [3.63, 3.8) is 0 Å². The SMILES string of the molecule is CN(C(=O)c1ccc2c(=O)[nH]c(=S)[nH]c2c1)C1CCOCC1. The molecule has 1 aliphatic rings. The highest BCUT2D eigenvalue weighted by Crippen LogP contribution is 2.17. The van der Waals surface area contributed by atoms with Gasteiger partial charge in [0, 0.05) is 31.9 Å². The van der Waals surface area contributed by atoms with Crippen LogP contribution in [0.3, 0.4) is 0 Å². The maximum absolute atomic E-state index is 12.6. The molecule has 6 nitrogen and oxygen atoms in total. The molecule has 0 saturated carbocycles. The minimum atomic E-state index is -0.254. The highest BCUT2D eigenvalue weighted by molar-refractivity contribution is 7.71. The fraction of sp³-hybridized carbons (Fsp3) is 0.400. The number of carbonyl (C=O) groups excluding carboxylic acids is 1. The van der Waals surface area contributed by atoms with Crippen LogP contribution in [-0.2, 0) is 4.74 Å². The lowest BCUT2D eigenvalue weighted by Crippen LogP contribution is -2.40. The van der Waals surface area contributed by atoms with Crippen LogP contribution >= 0.6 is 12.2 Å². The van der Waals surface area contributed by atoms with Gasteiger partial charge in [0.05, 0.1) is 10.9 Å². The molecule has 2 heterocycles. The quantitative estimate of drug-likeness (QED) is 0.828. The van der Waals surface area contributed by atoms with E-state index in [1.807, 2.05) is 7.05 Å². The number of nitrogens with one attached hydrogen (secondary N) is 2. The molecule has 0 bridgehead atoms. The lowest BCUT2D eigenvalue weighted by molar-refractivity contribution is 0.0362. The van der Waals surface area contributed by atoms with Crippen LogP contribution in [0.4, 0.5) is 0 Å². The average molecular weight is 319 g/mol. The summed E-state index contributed by atoms with van der Waals surface area (Å²) in [5.41, 5.74) is 0.855. The van der Waals surface area contributed by atoms with Crippen molar-refractivity contribution >= 4 is 29.0 Å². The van der Waals surface area contributed by atoms with E-state index in [1.165, 1.54) is 0 Å². The Kier molecular flexibility index (Phi) is 4.08. The van der Waals surface area contributed by atoms with Crippen LogP contribution in [-0.4, -0.2) is 47.1 Å². The molecule has 0 aliphatic carbocycles. The Balaban J connectivity index is 1.93. The van der Waals surface area contributed by atoms with Gasteiger partial charge in [-0.2, -0.15) is 0 Å². The highest BCUT2D eigenvalue weighted by atomic mass is 32.1. The lowest BCUT2D eigenvalue weighted by atomic mass is 10.1. The Bertz CT molecular complexity index is 821. The number of H-pyrrole nitrogens is 2. The van der Waals surface area contributed by atoms with Crippen LogP contribution < -0.4 is 5.56 Å². The van der Waals surface area contributed by atoms with Gasteiger partial charge < -0.3 is 14.6 Å². The van der Waals surface area contributed by atoms with E-state index >= 15 is 0 Å². The number of carbonyl (C=O) groups is 1. The molecule has 1 aromatic carbocycles. The Morgan fingerprint density at radius 3 is 2.77 bits per heavy atom. The van der Waals surface area contributed by atoms with Gasteiger partial charge in [-0.15, -0.1) is 0 Å². The smallest absolute Gasteiger partial charge is 0.259 e. The van der Waals surface area contributed by atoms with Gasteiger partial charge in [-0.25, -0.2) is 0 Å². The number of aromatic nitrogens is 2. The number of fused-ring (bicyclic) bond motifs is 1. The molecule has 7 heteroatoms. The molecular weight excluding hydrogens is 302 g/mol. The number of amides is 1. The third kappa shape index (κ3) is 2.82. The van der Waals surface area contributed by atoms with Gasteiger partial charge >= 0.3 is 0 Å². The van der Waals surface area contributed by atoms with Gasteiger partial charge in [0.25, 0.3) is 11.5 Å².